The van der Waals surface area contributed by atoms with Gasteiger partial charge in [0.2, 0.25) is 0 Å². The highest BCUT2D eigenvalue weighted by atomic mass is 16.6. The number of ether oxygens (including phenoxy) is 2. The highest BCUT2D eigenvalue weighted by Gasteiger charge is 2.28. The fourth-order valence-corrected chi connectivity index (χ4v) is 5.07. The van der Waals surface area contributed by atoms with Crippen molar-refractivity contribution >= 4 is 33.7 Å². The maximum absolute atomic E-state index is 12.5. The van der Waals surface area contributed by atoms with E-state index in [1.165, 1.54) is 6.42 Å². The molecule has 39 heavy (non-hydrogen) atoms. The monoisotopic (exact) mass is 531 g/mol. The topological polar surface area (TPSA) is 114 Å². The zero-order valence-corrected chi connectivity index (χ0v) is 22.5. The number of carbonyl (C=O) groups excluding carboxylic acids is 1. The molecule has 0 atom stereocenters. The molecule has 0 radical (unpaired) electrons. The summed E-state index contributed by atoms with van der Waals surface area (Å²) in [5.74, 6) is 1.51. The SMILES string of the molecule is CC(C)(C)OC(=O)N1CCN(c2noc3c(Cc4n[nH]c(=O)c5ccc(OC6CCC6)cc45)cccc23)CC1. The standard InChI is InChI=1S/C29H33N5O5/c1-29(2,3)38-28(36)34-14-12-33(13-15-34)26-22-9-4-6-18(25(22)39-32-26)16-24-23-17-20(37-19-7-5-8-19)10-11-21(23)27(35)31-30-24/h4,6,9-11,17,19H,5,7-8,12-16H2,1-3H3,(H,31,35). The summed E-state index contributed by atoms with van der Waals surface area (Å²) in [4.78, 5) is 28.8. The molecule has 2 aromatic carbocycles. The van der Waals surface area contributed by atoms with Crippen LogP contribution in [-0.4, -0.2) is 64.2 Å². The molecule has 2 aliphatic rings. The zero-order valence-electron chi connectivity index (χ0n) is 22.5. The highest BCUT2D eigenvalue weighted by molar-refractivity contribution is 5.92. The Morgan fingerprint density at radius 2 is 1.87 bits per heavy atom. The summed E-state index contributed by atoms with van der Waals surface area (Å²) < 4.78 is 17.5. The number of nitrogens with one attached hydrogen (secondary N) is 1. The molecule has 0 bridgehead atoms. The average Bonchev–Trinajstić information content (AvgIpc) is 3.32. The third kappa shape index (κ3) is 5.15. The fraction of sp³-hybridized carbons (Fsp3) is 0.448. The Morgan fingerprint density at radius 1 is 1.08 bits per heavy atom. The van der Waals surface area contributed by atoms with Gasteiger partial charge in [-0.25, -0.2) is 9.89 Å². The second-order valence-corrected chi connectivity index (χ2v) is 11.3. The number of hydrogen-bond acceptors (Lipinski definition) is 8. The first-order chi connectivity index (χ1) is 18.7. The number of aromatic amines is 1. The molecule has 0 unspecified atom stereocenters. The van der Waals surface area contributed by atoms with Gasteiger partial charge >= 0.3 is 6.09 Å². The van der Waals surface area contributed by atoms with Gasteiger partial charge < -0.3 is 23.8 Å². The van der Waals surface area contributed by atoms with E-state index in [9.17, 15) is 9.59 Å². The van der Waals surface area contributed by atoms with Crippen molar-refractivity contribution in [1.82, 2.24) is 20.3 Å². The third-order valence-corrected chi connectivity index (χ3v) is 7.34. The smallest absolute Gasteiger partial charge is 0.410 e. The van der Waals surface area contributed by atoms with E-state index in [0.29, 0.717) is 43.6 Å². The number of anilines is 1. The Hall–Kier alpha value is -4.08. The molecular formula is C29H33N5O5. The van der Waals surface area contributed by atoms with Crippen LogP contribution in [-0.2, 0) is 11.2 Å². The molecule has 1 saturated carbocycles. The van der Waals surface area contributed by atoms with E-state index in [-0.39, 0.29) is 17.8 Å². The number of hydrogen-bond donors (Lipinski definition) is 1. The number of nitrogens with zero attached hydrogens (tertiary/aromatic N) is 4. The van der Waals surface area contributed by atoms with Crippen LogP contribution < -0.4 is 15.2 Å². The van der Waals surface area contributed by atoms with Crippen molar-refractivity contribution in [2.75, 3.05) is 31.1 Å². The van der Waals surface area contributed by atoms with Crippen LogP contribution >= 0.6 is 0 Å². The van der Waals surface area contributed by atoms with Gasteiger partial charge in [0.1, 0.15) is 11.4 Å². The van der Waals surface area contributed by atoms with Gasteiger partial charge in [0.05, 0.1) is 22.6 Å². The Bertz CT molecular complexity index is 1570. The summed E-state index contributed by atoms with van der Waals surface area (Å²) >= 11 is 0. The van der Waals surface area contributed by atoms with Crippen LogP contribution in [0, 0.1) is 0 Å². The van der Waals surface area contributed by atoms with Crippen LogP contribution in [0.25, 0.3) is 21.7 Å². The van der Waals surface area contributed by atoms with Gasteiger partial charge in [-0.1, -0.05) is 17.3 Å². The fourth-order valence-electron chi connectivity index (χ4n) is 5.07. The van der Waals surface area contributed by atoms with E-state index >= 15 is 0 Å². The number of aromatic nitrogens is 3. The molecule has 4 aromatic rings. The van der Waals surface area contributed by atoms with Crippen molar-refractivity contribution in [3.63, 3.8) is 0 Å². The molecule has 1 aliphatic heterocycles. The number of rotatable bonds is 5. The Kier molecular flexibility index (Phi) is 6.40. The van der Waals surface area contributed by atoms with Gasteiger partial charge in [0.15, 0.2) is 11.4 Å². The average molecular weight is 532 g/mol. The van der Waals surface area contributed by atoms with Gasteiger partial charge in [-0.15, -0.1) is 0 Å². The molecule has 1 aliphatic carbocycles. The second-order valence-electron chi connectivity index (χ2n) is 11.3. The quantitative estimate of drug-likeness (QED) is 0.396. The minimum atomic E-state index is -0.524. The number of fused-ring (bicyclic) bond motifs is 2. The maximum Gasteiger partial charge on any atom is 0.410 e. The lowest BCUT2D eigenvalue weighted by Crippen LogP contribution is -2.50. The molecule has 2 fully saturated rings. The minimum absolute atomic E-state index is 0.227. The van der Waals surface area contributed by atoms with Crippen molar-refractivity contribution in [2.45, 2.75) is 58.2 Å². The van der Waals surface area contributed by atoms with Crippen LogP contribution in [0.5, 0.6) is 5.75 Å². The predicted octanol–water partition coefficient (Wildman–Crippen LogP) is 4.64. The molecule has 10 nitrogen and oxygen atoms in total. The molecule has 10 heteroatoms. The zero-order chi connectivity index (χ0) is 27.1. The number of para-hydroxylation sites is 1. The number of piperazine rings is 1. The molecular weight excluding hydrogens is 498 g/mol. The Labute approximate surface area is 225 Å². The van der Waals surface area contributed by atoms with Crippen LogP contribution in [0.1, 0.15) is 51.3 Å². The van der Waals surface area contributed by atoms with Crippen LogP contribution in [0.2, 0.25) is 0 Å². The van der Waals surface area contributed by atoms with E-state index in [1.807, 2.05) is 51.1 Å². The molecule has 2 aromatic heterocycles. The van der Waals surface area contributed by atoms with E-state index in [0.717, 1.165) is 46.4 Å². The van der Waals surface area contributed by atoms with Crippen LogP contribution in [0.15, 0.2) is 45.7 Å². The van der Waals surface area contributed by atoms with Gasteiger partial charge in [0, 0.05) is 43.5 Å². The lowest BCUT2D eigenvalue weighted by molar-refractivity contribution is 0.0240. The molecule has 1 amide bonds. The van der Waals surface area contributed by atoms with E-state index in [4.69, 9.17) is 14.0 Å². The lowest BCUT2D eigenvalue weighted by atomic mass is 9.96. The minimum Gasteiger partial charge on any atom is -0.490 e. The summed E-state index contributed by atoms with van der Waals surface area (Å²) in [6.45, 7) is 7.94. The van der Waals surface area contributed by atoms with Gasteiger partial charge in [0.25, 0.3) is 5.56 Å². The Balaban J connectivity index is 1.24. The van der Waals surface area contributed by atoms with E-state index in [1.54, 1.807) is 11.0 Å². The van der Waals surface area contributed by atoms with Gasteiger partial charge in [-0.3, -0.25) is 4.79 Å². The molecule has 3 heterocycles. The third-order valence-electron chi connectivity index (χ3n) is 7.34. The first kappa shape index (κ1) is 25.2. The predicted molar refractivity (Wildman–Crippen MR) is 147 cm³/mol. The van der Waals surface area contributed by atoms with Crippen LogP contribution in [0.4, 0.5) is 10.6 Å². The summed E-state index contributed by atoms with van der Waals surface area (Å²) in [5, 5.41) is 13.7. The van der Waals surface area contributed by atoms with Crippen molar-refractivity contribution < 1.29 is 18.8 Å². The number of H-pyrrole nitrogens is 1. The lowest BCUT2D eigenvalue weighted by Gasteiger charge is -2.35. The largest absolute Gasteiger partial charge is 0.490 e. The molecule has 1 saturated heterocycles. The highest BCUT2D eigenvalue weighted by Crippen LogP contribution is 2.32. The second kappa shape index (κ2) is 9.91. The van der Waals surface area contributed by atoms with Crippen molar-refractivity contribution in [3.05, 3.63) is 58.0 Å². The summed E-state index contributed by atoms with van der Waals surface area (Å²) in [6, 6.07) is 11.5. The summed E-state index contributed by atoms with van der Waals surface area (Å²) in [5.41, 5.74) is 1.59. The first-order valence-corrected chi connectivity index (χ1v) is 13.5. The Morgan fingerprint density at radius 3 is 2.59 bits per heavy atom. The van der Waals surface area contributed by atoms with Crippen molar-refractivity contribution in [2.24, 2.45) is 0 Å². The normalized spacial score (nSPS) is 16.5. The number of amides is 1. The van der Waals surface area contributed by atoms with Gasteiger partial charge in [-0.2, -0.15) is 5.10 Å². The summed E-state index contributed by atoms with van der Waals surface area (Å²) in [7, 11) is 0. The van der Waals surface area contributed by atoms with Crippen LogP contribution in [0.3, 0.4) is 0 Å². The first-order valence-electron chi connectivity index (χ1n) is 13.5. The molecule has 1 N–H and O–H groups in total. The number of carbonyl (C=O) groups is 1. The summed E-state index contributed by atoms with van der Waals surface area (Å²) in [6.07, 6.45) is 3.71. The van der Waals surface area contributed by atoms with Crippen molar-refractivity contribution in [3.8, 4) is 5.75 Å². The van der Waals surface area contributed by atoms with E-state index in [2.05, 4.69) is 20.3 Å². The number of benzene rings is 2. The van der Waals surface area contributed by atoms with Gasteiger partial charge in [-0.05, 0) is 64.3 Å². The maximum atomic E-state index is 12.5. The van der Waals surface area contributed by atoms with Crippen molar-refractivity contribution in [1.29, 1.82) is 0 Å². The van der Waals surface area contributed by atoms with E-state index < -0.39 is 5.60 Å². The molecule has 0 spiro atoms. The molecule has 204 valence electrons. The molecule has 6 rings (SSSR count).